The molecule has 34 heavy (non-hydrogen) atoms. The maximum atomic E-state index is 14.2. The third-order valence-electron chi connectivity index (χ3n) is 6.91. The van der Waals surface area contributed by atoms with Gasteiger partial charge in [-0.1, -0.05) is 0 Å². The van der Waals surface area contributed by atoms with Gasteiger partial charge >= 0.3 is 210 Å². The second-order valence-corrected chi connectivity index (χ2v) is 24.2. The molecule has 2 aromatic heterocycles. The molecule has 0 amide bonds. The van der Waals surface area contributed by atoms with E-state index in [0.29, 0.717) is 16.6 Å². The van der Waals surface area contributed by atoms with Gasteiger partial charge in [0.05, 0.1) is 0 Å². The number of hydrogen-bond acceptors (Lipinski definition) is 4. The molecular weight excluding hydrogens is 549 g/mol. The van der Waals surface area contributed by atoms with Crippen LogP contribution in [0.2, 0.25) is 13.3 Å². The Morgan fingerprint density at radius 2 is 1.50 bits per heavy atom. The molecule has 0 aliphatic carbocycles. The van der Waals surface area contributed by atoms with Crippen LogP contribution in [-0.2, 0) is 10.0 Å². The van der Waals surface area contributed by atoms with Crippen LogP contribution in [0, 0.1) is 18.3 Å². The van der Waals surface area contributed by atoms with Crippen molar-refractivity contribution in [3.63, 3.8) is 0 Å². The van der Waals surface area contributed by atoms with E-state index in [9.17, 15) is 13.7 Å². The van der Waals surface area contributed by atoms with Crippen LogP contribution < -0.4 is 3.71 Å². The number of unbranched alkanes of at least 4 members (excludes halogenated alkanes) is 3. The van der Waals surface area contributed by atoms with E-state index in [-0.39, 0.29) is 4.90 Å². The summed E-state index contributed by atoms with van der Waals surface area (Å²) >= 11 is -3.21. The predicted octanol–water partition coefficient (Wildman–Crippen LogP) is 6.51. The molecule has 0 fully saturated rings. The number of pyridine rings is 1. The Labute approximate surface area is 209 Å². The van der Waals surface area contributed by atoms with Crippen LogP contribution in [0.3, 0.4) is 0 Å². The van der Waals surface area contributed by atoms with Gasteiger partial charge in [-0.15, -0.1) is 0 Å². The molecule has 0 aliphatic heterocycles. The Balaban J connectivity index is 2.40. The molecule has 0 radical (unpaired) electrons. The van der Waals surface area contributed by atoms with Crippen molar-refractivity contribution in [3.8, 4) is 6.07 Å². The summed E-state index contributed by atoms with van der Waals surface area (Å²) in [5, 5.41) is 10.5. The zero-order chi connectivity index (χ0) is 24.8. The van der Waals surface area contributed by atoms with Crippen molar-refractivity contribution < 1.29 is 8.42 Å². The van der Waals surface area contributed by atoms with Crippen LogP contribution in [0.5, 0.6) is 0 Å². The van der Waals surface area contributed by atoms with Gasteiger partial charge in [0.25, 0.3) is 0 Å². The van der Waals surface area contributed by atoms with Crippen molar-refractivity contribution in [2.75, 3.05) is 0 Å². The van der Waals surface area contributed by atoms with Crippen molar-refractivity contribution >= 4 is 43.1 Å². The van der Waals surface area contributed by atoms with Gasteiger partial charge in [-0.3, -0.25) is 0 Å². The third kappa shape index (κ3) is 5.36. The Hall–Kier alpha value is -1.85. The van der Waals surface area contributed by atoms with Crippen LogP contribution in [0.25, 0.3) is 11.0 Å². The van der Waals surface area contributed by atoms with E-state index in [4.69, 9.17) is 0 Å². The van der Waals surface area contributed by atoms with E-state index in [1.807, 2.05) is 25.1 Å². The fraction of sp³-hybridized carbons (Fsp3) is 0.481. The van der Waals surface area contributed by atoms with E-state index in [0.717, 1.165) is 61.1 Å². The van der Waals surface area contributed by atoms with Crippen molar-refractivity contribution in [2.24, 2.45) is 0 Å². The molecule has 0 N–H and O–H groups in total. The summed E-state index contributed by atoms with van der Waals surface area (Å²) in [5.74, 6) is 0. The van der Waals surface area contributed by atoms with Gasteiger partial charge in [0, 0.05) is 0 Å². The molecule has 5 nitrogen and oxygen atoms in total. The van der Waals surface area contributed by atoms with E-state index in [1.54, 1.807) is 28.4 Å². The SMILES string of the molecule is CCC[CH2][Sn]([CH2]CCC)([CH2]CCC)[c]1cc2c(C#N)ccnc2n1S(=O)(=O)c1ccc(C)cc1. The summed E-state index contributed by atoms with van der Waals surface area (Å²) < 4.78 is 34.3. The minimum atomic E-state index is -3.86. The number of nitrogens with zero attached hydrogens (tertiary/aromatic N) is 3. The normalized spacial score (nSPS) is 12.2. The van der Waals surface area contributed by atoms with Gasteiger partial charge in [0.2, 0.25) is 0 Å². The first kappa shape index (κ1) is 26.7. The molecule has 0 spiro atoms. The van der Waals surface area contributed by atoms with Crippen molar-refractivity contribution in [1.82, 2.24) is 8.96 Å². The number of aromatic nitrogens is 2. The molecule has 0 bridgehead atoms. The molecule has 2 heterocycles. The molecule has 0 saturated heterocycles. The molecule has 1 aromatic carbocycles. The predicted molar refractivity (Wildman–Crippen MR) is 143 cm³/mol. The van der Waals surface area contributed by atoms with Gasteiger partial charge in [0.15, 0.2) is 0 Å². The second-order valence-electron chi connectivity index (χ2n) is 9.41. The fourth-order valence-corrected chi connectivity index (χ4v) is 24.6. The molecule has 0 unspecified atom stereocenters. The van der Waals surface area contributed by atoms with Crippen molar-refractivity contribution in [2.45, 2.75) is 84.4 Å². The number of hydrogen-bond donors (Lipinski definition) is 0. The summed E-state index contributed by atoms with van der Waals surface area (Å²) in [4.78, 5) is 4.82. The second kappa shape index (κ2) is 11.7. The average Bonchev–Trinajstić information content (AvgIpc) is 3.25. The van der Waals surface area contributed by atoms with Gasteiger partial charge in [-0.2, -0.15) is 0 Å². The van der Waals surface area contributed by atoms with Crippen LogP contribution in [0.1, 0.15) is 70.4 Å². The number of nitriles is 1. The van der Waals surface area contributed by atoms with E-state index in [1.165, 1.54) is 0 Å². The summed E-state index contributed by atoms with van der Waals surface area (Å²) in [7, 11) is -3.86. The van der Waals surface area contributed by atoms with Gasteiger partial charge < -0.3 is 0 Å². The van der Waals surface area contributed by atoms with Crippen molar-refractivity contribution in [3.05, 3.63) is 53.7 Å². The first-order chi connectivity index (χ1) is 16.3. The Morgan fingerprint density at radius 1 is 0.941 bits per heavy atom. The molecule has 7 heteroatoms. The first-order valence-electron chi connectivity index (χ1n) is 12.6. The standard InChI is InChI=1S/C15H10N3O2S.3C4H9.Sn/c1-11-2-4-13(5-3-11)21(19,20)18-9-7-14-12(10-16)6-8-17-15(14)18;3*1-3-4-2;/h2-8H,1H3;3*1,3-4H2,2H3;. The maximum absolute atomic E-state index is 14.2. The van der Waals surface area contributed by atoms with Crippen LogP contribution in [0.15, 0.2) is 47.5 Å². The molecular formula is C27H37N3O2SSn. The zero-order valence-electron chi connectivity index (χ0n) is 21.0. The van der Waals surface area contributed by atoms with Crippen LogP contribution >= 0.6 is 0 Å². The topological polar surface area (TPSA) is 75.8 Å². The Kier molecular flexibility index (Phi) is 9.22. The summed E-state index contributed by atoms with van der Waals surface area (Å²) in [6, 6.07) is 13.1. The first-order valence-corrected chi connectivity index (χ1v) is 21.5. The third-order valence-corrected chi connectivity index (χ3v) is 24.5. The van der Waals surface area contributed by atoms with Crippen LogP contribution in [-0.4, -0.2) is 35.8 Å². The fourth-order valence-electron chi connectivity index (χ4n) is 4.91. The summed E-state index contributed by atoms with van der Waals surface area (Å²) in [6.07, 6.45) is 8.22. The molecule has 182 valence electrons. The Bertz CT molecular complexity index is 1240. The number of aryl methyl sites for hydroxylation is 1. The van der Waals surface area contributed by atoms with Gasteiger partial charge in [-0.05, 0) is 0 Å². The van der Waals surface area contributed by atoms with E-state index in [2.05, 4.69) is 31.8 Å². The average molecular weight is 586 g/mol. The zero-order valence-corrected chi connectivity index (χ0v) is 24.6. The number of benzene rings is 1. The van der Waals surface area contributed by atoms with E-state index >= 15 is 0 Å². The minimum absolute atomic E-state index is 0.280. The van der Waals surface area contributed by atoms with Crippen molar-refractivity contribution in [1.29, 1.82) is 5.26 Å². The quantitative estimate of drug-likeness (QED) is 0.227. The molecule has 0 saturated carbocycles. The number of fused-ring (bicyclic) bond motifs is 1. The van der Waals surface area contributed by atoms with E-state index < -0.39 is 28.4 Å². The van der Waals surface area contributed by atoms with Gasteiger partial charge in [-0.25, -0.2) is 0 Å². The Morgan fingerprint density at radius 3 is 2.00 bits per heavy atom. The molecule has 0 atom stereocenters. The molecule has 3 rings (SSSR count). The number of rotatable bonds is 12. The monoisotopic (exact) mass is 587 g/mol. The van der Waals surface area contributed by atoms with Crippen LogP contribution in [0.4, 0.5) is 0 Å². The summed E-state index contributed by atoms with van der Waals surface area (Å²) in [5.41, 5.74) is 1.91. The molecule has 3 aromatic rings. The van der Waals surface area contributed by atoms with Gasteiger partial charge in [0.1, 0.15) is 0 Å². The summed E-state index contributed by atoms with van der Waals surface area (Å²) in [6.45, 7) is 8.59. The molecule has 0 aliphatic rings.